The highest BCUT2D eigenvalue weighted by Crippen LogP contribution is 2.18. The lowest BCUT2D eigenvalue weighted by atomic mass is 10.0. The molecule has 1 unspecified atom stereocenters. The molecular weight excluding hydrogens is 342 g/mol. The number of hydrogen-bond donors (Lipinski definition) is 2. The third kappa shape index (κ3) is 5.17. The van der Waals surface area contributed by atoms with Gasteiger partial charge in [0.1, 0.15) is 0 Å². The number of piperidine rings is 1. The van der Waals surface area contributed by atoms with Crippen molar-refractivity contribution in [3.8, 4) is 5.69 Å². The molecule has 1 saturated heterocycles. The number of hydrogen-bond acceptors (Lipinski definition) is 4. The zero-order chi connectivity index (χ0) is 19.1. The highest BCUT2D eigenvalue weighted by Gasteiger charge is 2.27. The van der Waals surface area contributed by atoms with Gasteiger partial charge in [-0.2, -0.15) is 5.10 Å². The monoisotopic (exact) mass is 369 g/mol. The molecule has 1 aromatic carbocycles. The maximum absolute atomic E-state index is 12.9. The van der Waals surface area contributed by atoms with Crippen LogP contribution < -0.4 is 11.1 Å². The number of carbonyl (C=O) groups is 2. The number of likely N-dealkylation sites (tertiary alicyclic amines) is 1. The smallest absolute Gasteiger partial charge is 0.227 e. The predicted octanol–water partition coefficient (Wildman–Crippen LogP) is 1.26. The van der Waals surface area contributed by atoms with E-state index in [9.17, 15) is 9.59 Å². The molecule has 0 spiro atoms. The van der Waals surface area contributed by atoms with Crippen LogP contribution in [0, 0.1) is 0 Å². The summed E-state index contributed by atoms with van der Waals surface area (Å²) in [4.78, 5) is 26.4. The lowest BCUT2D eigenvalue weighted by Crippen LogP contribution is -2.50. The van der Waals surface area contributed by atoms with Crippen molar-refractivity contribution < 1.29 is 9.59 Å². The Balaban J connectivity index is 1.60. The number of amides is 2. The van der Waals surface area contributed by atoms with Crippen molar-refractivity contribution in [2.45, 2.75) is 38.1 Å². The van der Waals surface area contributed by atoms with E-state index in [1.807, 2.05) is 41.4 Å². The molecule has 2 heterocycles. The van der Waals surface area contributed by atoms with Gasteiger partial charge < -0.3 is 16.0 Å². The molecule has 1 aliphatic heterocycles. The molecule has 0 saturated carbocycles. The van der Waals surface area contributed by atoms with Gasteiger partial charge in [-0.1, -0.05) is 18.2 Å². The number of para-hydroxylation sites is 1. The minimum absolute atomic E-state index is 0.0529. The number of benzene rings is 1. The van der Waals surface area contributed by atoms with Gasteiger partial charge in [-0.3, -0.25) is 9.59 Å². The minimum Gasteiger partial charge on any atom is -0.354 e. The van der Waals surface area contributed by atoms with E-state index in [4.69, 9.17) is 5.73 Å². The van der Waals surface area contributed by atoms with Crippen LogP contribution in [0.25, 0.3) is 5.69 Å². The van der Waals surface area contributed by atoms with E-state index in [1.54, 1.807) is 10.9 Å². The van der Waals surface area contributed by atoms with Crippen LogP contribution in [-0.2, 0) is 16.0 Å². The number of rotatable bonds is 7. The van der Waals surface area contributed by atoms with Gasteiger partial charge in [0, 0.05) is 38.3 Å². The van der Waals surface area contributed by atoms with E-state index in [0.717, 1.165) is 37.1 Å². The normalized spacial score (nSPS) is 16.9. The second-order valence-electron chi connectivity index (χ2n) is 6.88. The van der Waals surface area contributed by atoms with E-state index in [0.29, 0.717) is 25.9 Å². The molecule has 0 bridgehead atoms. The Bertz CT molecular complexity index is 759. The Morgan fingerprint density at radius 3 is 2.81 bits per heavy atom. The van der Waals surface area contributed by atoms with Crippen molar-refractivity contribution >= 4 is 11.8 Å². The summed E-state index contributed by atoms with van der Waals surface area (Å²) in [5.41, 5.74) is 7.27. The molecule has 27 heavy (non-hydrogen) atoms. The van der Waals surface area contributed by atoms with Gasteiger partial charge in [0.25, 0.3) is 0 Å². The van der Waals surface area contributed by atoms with E-state index in [2.05, 4.69) is 10.4 Å². The number of carbonyl (C=O) groups excluding carboxylic acids is 2. The van der Waals surface area contributed by atoms with Crippen molar-refractivity contribution in [3.05, 3.63) is 48.3 Å². The van der Waals surface area contributed by atoms with Gasteiger partial charge in [0.15, 0.2) is 0 Å². The molecule has 144 valence electrons. The second-order valence-corrected chi connectivity index (χ2v) is 6.88. The fraction of sp³-hybridized carbons (Fsp3) is 0.450. The Hall–Kier alpha value is -2.67. The van der Waals surface area contributed by atoms with Crippen LogP contribution in [0.1, 0.15) is 31.2 Å². The van der Waals surface area contributed by atoms with Crippen LogP contribution in [0.2, 0.25) is 0 Å². The van der Waals surface area contributed by atoms with Gasteiger partial charge >= 0.3 is 0 Å². The lowest BCUT2D eigenvalue weighted by molar-refractivity contribution is -0.134. The number of nitrogens with zero attached hydrogens (tertiary/aromatic N) is 3. The van der Waals surface area contributed by atoms with Crippen LogP contribution >= 0.6 is 0 Å². The summed E-state index contributed by atoms with van der Waals surface area (Å²) >= 11 is 0. The van der Waals surface area contributed by atoms with Crippen molar-refractivity contribution in [1.29, 1.82) is 0 Å². The van der Waals surface area contributed by atoms with Gasteiger partial charge in [0.2, 0.25) is 11.8 Å². The highest BCUT2D eigenvalue weighted by molar-refractivity contribution is 5.79. The first-order chi connectivity index (χ1) is 13.2. The third-order valence-corrected chi connectivity index (χ3v) is 4.87. The first kappa shape index (κ1) is 19.1. The summed E-state index contributed by atoms with van der Waals surface area (Å²) in [6.45, 7) is 1.57. The lowest BCUT2D eigenvalue weighted by Gasteiger charge is -2.36. The maximum atomic E-state index is 12.9. The minimum atomic E-state index is -0.0559. The molecule has 2 aromatic rings. The SMILES string of the molecule is NCCC(=O)NCC1CCCCN1C(=O)Cc1cnn(-c2ccccc2)c1. The van der Waals surface area contributed by atoms with Gasteiger partial charge in [-0.05, 0) is 37.0 Å². The molecule has 7 heteroatoms. The van der Waals surface area contributed by atoms with E-state index < -0.39 is 0 Å². The first-order valence-electron chi connectivity index (χ1n) is 9.52. The number of aromatic nitrogens is 2. The summed E-state index contributed by atoms with van der Waals surface area (Å²) in [5.74, 6) is 0.0278. The Kier molecular flexibility index (Phi) is 6.59. The molecule has 3 rings (SSSR count). The van der Waals surface area contributed by atoms with Crippen molar-refractivity contribution in [1.82, 2.24) is 20.0 Å². The highest BCUT2D eigenvalue weighted by atomic mass is 16.2. The summed E-state index contributed by atoms with van der Waals surface area (Å²) in [5, 5.41) is 7.26. The average molecular weight is 369 g/mol. The average Bonchev–Trinajstić information content (AvgIpc) is 3.16. The number of nitrogens with two attached hydrogens (primary N) is 1. The number of nitrogens with one attached hydrogen (secondary N) is 1. The third-order valence-electron chi connectivity index (χ3n) is 4.87. The molecule has 1 aromatic heterocycles. The quantitative estimate of drug-likeness (QED) is 0.768. The molecule has 0 radical (unpaired) electrons. The topological polar surface area (TPSA) is 93.2 Å². The van der Waals surface area contributed by atoms with Crippen LogP contribution in [0.15, 0.2) is 42.7 Å². The van der Waals surface area contributed by atoms with E-state index in [1.165, 1.54) is 0 Å². The van der Waals surface area contributed by atoms with Crippen molar-refractivity contribution in [3.63, 3.8) is 0 Å². The molecule has 7 nitrogen and oxygen atoms in total. The second kappa shape index (κ2) is 9.32. The van der Waals surface area contributed by atoms with E-state index >= 15 is 0 Å². The summed E-state index contributed by atoms with van der Waals surface area (Å²) in [6, 6.07) is 9.88. The first-order valence-corrected chi connectivity index (χ1v) is 9.52. The van der Waals surface area contributed by atoms with Crippen LogP contribution in [0.4, 0.5) is 0 Å². The molecule has 3 N–H and O–H groups in total. The molecule has 1 atom stereocenters. The van der Waals surface area contributed by atoms with Crippen LogP contribution in [0.5, 0.6) is 0 Å². The predicted molar refractivity (Wildman–Crippen MR) is 103 cm³/mol. The van der Waals surface area contributed by atoms with Crippen LogP contribution in [0.3, 0.4) is 0 Å². The Labute approximate surface area is 159 Å². The van der Waals surface area contributed by atoms with E-state index in [-0.39, 0.29) is 17.9 Å². The van der Waals surface area contributed by atoms with Gasteiger partial charge in [-0.25, -0.2) is 4.68 Å². The Morgan fingerprint density at radius 2 is 2.04 bits per heavy atom. The molecule has 2 amide bonds. The zero-order valence-corrected chi connectivity index (χ0v) is 15.5. The molecule has 1 aliphatic rings. The molecular formula is C20H27N5O2. The molecule has 0 aliphatic carbocycles. The Morgan fingerprint density at radius 1 is 1.22 bits per heavy atom. The summed E-state index contributed by atoms with van der Waals surface area (Å²) in [7, 11) is 0. The fourth-order valence-corrected chi connectivity index (χ4v) is 3.44. The fourth-order valence-electron chi connectivity index (χ4n) is 3.44. The zero-order valence-electron chi connectivity index (χ0n) is 15.5. The summed E-state index contributed by atoms with van der Waals surface area (Å²) in [6.07, 6.45) is 7.27. The van der Waals surface area contributed by atoms with Gasteiger partial charge in [0.05, 0.1) is 18.3 Å². The van der Waals surface area contributed by atoms with Crippen molar-refractivity contribution in [2.24, 2.45) is 5.73 Å². The largest absolute Gasteiger partial charge is 0.354 e. The molecule has 1 fully saturated rings. The van der Waals surface area contributed by atoms with Crippen molar-refractivity contribution in [2.75, 3.05) is 19.6 Å². The van der Waals surface area contributed by atoms with Gasteiger partial charge in [-0.15, -0.1) is 0 Å². The van der Waals surface area contributed by atoms with Crippen LogP contribution in [-0.4, -0.2) is 52.2 Å². The summed E-state index contributed by atoms with van der Waals surface area (Å²) < 4.78 is 1.78. The standard InChI is InChI=1S/C20H27N5O2/c21-10-9-19(26)22-14-18-8-4-5-11-24(18)20(27)12-16-13-23-25(15-16)17-6-2-1-3-7-17/h1-3,6-7,13,15,18H,4-5,8-12,14,21H2,(H,22,26). The maximum Gasteiger partial charge on any atom is 0.227 e.